The number of ether oxygens (including phenoxy) is 1. The Morgan fingerprint density at radius 2 is 2.06 bits per heavy atom. The molecule has 2 amide bonds. The van der Waals surface area contributed by atoms with Crippen LogP contribution in [0.4, 0.5) is 4.79 Å². The van der Waals surface area contributed by atoms with Gasteiger partial charge in [-0.05, 0) is 19.3 Å². The van der Waals surface area contributed by atoms with Gasteiger partial charge >= 0.3 is 18.0 Å². The highest BCUT2D eigenvalue weighted by Crippen LogP contribution is 2.25. The van der Waals surface area contributed by atoms with Crippen LogP contribution in [0.2, 0.25) is 0 Å². The van der Waals surface area contributed by atoms with Crippen molar-refractivity contribution in [2.45, 2.75) is 37.8 Å². The average molecular weight is 258 g/mol. The van der Waals surface area contributed by atoms with Gasteiger partial charge in [-0.3, -0.25) is 4.79 Å². The third-order valence-electron chi connectivity index (χ3n) is 2.88. The van der Waals surface area contributed by atoms with Gasteiger partial charge in [-0.15, -0.1) is 0 Å². The number of hydrogen-bond donors (Lipinski definition) is 2. The summed E-state index contributed by atoms with van der Waals surface area (Å²) in [5.74, 6) is -1.65. The summed E-state index contributed by atoms with van der Waals surface area (Å²) >= 11 is 0. The van der Waals surface area contributed by atoms with Gasteiger partial charge < -0.3 is 20.1 Å². The maximum Gasteiger partial charge on any atom is 0.326 e. The van der Waals surface area contributed by atoms with Crippen LogP contribution in [0.3, 0.4) is 0 Å². The van der Waals surface area contributed by atoms with Crippen LogP contribution in [0.15, 0.2) is 0 Å². The summed E-state index contributed by atoms with van der Waals surface area (Å²) in [7, 11) is 2.86. The minimum Gasteiger partial charge on any atom is -0.480 e. The fourth-order valence-electron chi connectivity index (χ4n) is 1.50. The van der Waals surface area contributed by atoms with Crippen LogP contribution in [-0.4, -0.2) is 54.2 Å². The predicted octanol–water partition coefficient (Wildman–Crippen LogP) is 0.197. The Labute approximate surface area is 105 Å². The van der Waals surface area contributed by atoms with Crippen LogP contribution in [0.5, 0.6) is 0 Å². The molecule has 2 N–H and O–H groups in total. The Morgan fingerprint density at radius 3 is 2.50 bits per heavy atom. The monoisotopic (exact) mass is 258 g/mol. The van der Waals surface area contributed by atoms with E-state index in [1.165, 1.54) is 12.0 Å². The zero-order valence-corrected chi connectivity index (χ0v) is 10.5. The highest BCUT2D eigenvalue weighted by Gasteiger charge is 2.31. The summed E-state index contributed by atoms with van der Waals surface area (Å²) in [4.78, 5) is 35.1. The van der Waals surface area contributed by atoms with Gasteiger partial charge in [0.2, 0.25) is 0 Å². The van der Waals surface area contributed by atoms with E-state index in [4.69, 9.17) is 5.11 Å². The largest absolute Gasteiger partial charge is 0.480 e. The van der Waals surface area contributed by atoms with E-state index in [2.05, 4.69) is 10.1 Å². The quantitative estimate of drug-likeness (QED) is 0.663. The summed E-state index contributed by atoms with van der Waals surface area (Å²) in [5, 5.41) is 11.4. The standard InChI is InChI=1S/C11H18N2O5/c1-13(7-3-4-7)11(17)12-8(10(15)16)5-6-9(14)18-2/h7-8H,3-6H2,1-2H3,(H,12,17)(H,15,16)/t8-/m1/s1. The molecule has 0 unspecified atom stereocenters. The van der Waals surface area contributed by atoms with Crippen molar-refractivity contribution in [3.63, 3.8) is 0 Å². The highest BCUT2D eigenvalue weighted by atomic mass is 16.5. The number of rotatable bonds is 6. The van der Waals surface area contributed by atoms with Gasteiger partial charge in [0.05, 0.1) is 7.11 Å². The fourth-order valence-corrected chi connectivity index (χ4v) is 1.50. The lowest BCUT2D eigenvalue weighted by Gasteiger charge is -2.20. The van der Waals surface area contributed by atoms with E-state index in [1.54, 1.807) is 7.05 Å². The molecule has 0 aromatic carbocycles. The predicted molar refractivity (Wildman–Crippen MR) is 62.0 cm³/mol. The minimum atomic E-state index is -1.16. The number of nitrogens with zero attached hydrogens (tertiary/aromatic N) is 1. The molecule has 0 aromatic rings. The van der Waals surface area contributed by atoms with Crippen molar-refractivity contribution >= 4 is 18.0 Å². The van der Waals surface area contributed by atoms with Crippen molar-refractivity contribution in [3.05, 3.63) is 0 Å². The molecule has 1 fully saturated rings. The van der Waals surface area contributed by atoms with Crippen molar-refractivity contribution in [1.82, 2.24) is 10.2 Å². The van der Waals surface area contributed by atoms with Gasteiger partial charge in [0.25, 0.3) is 0 Å². The van der Waals surface area contributed by atoms with Crippen LogP contribution in [-0.2, 0) is 14.3 Å². The number of nitrogens with one attached hydrogen (secondary N) is 1. The molecule has 0 heterocycles. The van der Waals surface area contributed by atoms with E-state index in [9.17, 15) is 14.4 Å². The number of esters is 1. The maximum absolute atomic E-state index is 11.7. The number of carboxylic acid groups (broad SMARTS) is 1. The molecule has 7 heteroatoms. The molecule has 18 heavy (non-hydrogen) atoms. The summed E-state index contributed by atoms with van der Waals surface area (Å²) in [6, 6.07) is -1.28. The van der Waals surface area contributed by atoms with Crippen molar-refractivity contribution in [2.75, 3.05) is 14.2 Å². The molecular formula is C11H18N2O5. The van der Waals surface area contributed by atoms with Crippen LogP contribution < -0.4 is 5.32 Å². The summed E-state index contributed by atoms with van der Waals surface area (Å²) in [6.07, 6.45) is 1.88. The van der Waals surface area contributed by atoms with Crippen molar-refractivity contribution in [1.29, 1.82) is 0 Å². The van der Waals surface area contributed by atoms with Crippen molar-refractivity contribution < 1.29 is 24.2 Å². The Morgan fingerprint density at radius 1 is 1.44 bits per heavy atom. The molecule has 102 valence electrons. The molecular weight excluding hydrogens is 240 g/mol. The van der Waals surface area contributed by atoms with Gasteiger partial charge in [-0.1, -0.05) is 0 Å². The van der Waals surface area contributed by atoms with Gasteiger partial charge in [0, 0.05) is 19.5 Å². The second-order valence-corrected chi connectivity index (χ2v) is 4.30. The van der Waals surface area contributed by atoms with E-state index in [0.717, 1.165) is 12.8 Å². The lowest BCUT2D eigenvalue weighted by molar-refractivity contribution is -0.142. The van der Waals surface area contributed by atoms with Gasteiger partial charge in [-0.2, -0.15) is 0 Å². The molecule has 0 radical (unpaired) electrons. The van der Waals surface area contributed by atoms with E-state index in [1.807, 2.05) is 0 Å². The van der Waals surface area contributed by atoms with E-state index in [0.29, 0.717) is 0 Å². The third kappa shape index (κ3) is 4.23. The van der Waals surface area contributed by atoms with Crippen LogP contribution in [0.25, 0.3) is 0 Å². The van der Waals surface area contributed by atoms with Gasteiger partial charge in [0.15, 0.2) is 0 Å². The molecule has 0 aliphatic heterocycles. The van der Waals surface area contributed by atoms with Crippen LogP contribution >= 0.6 is 0 Å². The second-order valence-electron chi connectivity index (χ2n) is 4.30. The zero-order valence-electron chi connectivity index (χ0n) is 10.5. The van der Waals surface area contributed by atoms with Crippen molar-refractivity contribution in [3.8, 4) is 0 Å². The summed E-state index contributed by atoms with van der Waals surface area (Å²) in [6.45, 7) is 0. The fraction of sp³-hybridized carbons (Fsp3) is 0.727. The minimum absolute atomic E-state index is 0.0201. The third-order valence-corrected chi connectivity index (χ3v) is 2.88. The molecule has 1 aliphatic rings. The number of amides is 2. The number of carbonyl (C=O) groups excluding carboxylic acids is 2. The number of aliphatic carboxylic acids is 1. The normalized spacial score (nSPS) is 15.7. The number of methoxy groups -OCH3 is 1. The van der Waals surface area contributed by atoms with Gasteiger partial charge in [0.1, 0.15) is 6.04 Å². The Balaban J connectivity index is 2.43. The SMILES string of the molecule is COC(=O)CC[C@@H](NC(=O)N(C)C1CC1)C(=O)O. The topological polar surface area (TPSA) is 95.9 Å². The molecule has 1 aliphatic carbocycles. The highest BCUT2D eigenvalue weighted by molar-refractivity contribution is 5.83. The first-order valence-electron chi connectivity index (χ1n) is 5.78. The molecule has 1 rings (SSSR count). The Kier molecular flexibility index (Phi) is 4.94. The lowest BCUT2D eigenvalue weighted by atomic mass is 10.1. The second kappa shape index (κ2) is 6.23. The maximum atomic E-state index is 11.7. The Bertz CT molecular complexity index is 340. The average Bonchev–Trinajstić information content (AvgIpc) is 3.16. The van der Waals surface area contributed by atoms with Crippen LogP contribution in [0, 0.1) is 0 Å². The smallest absolute Gasteiger partial charge is 0.326 e. The molecule has 7 nitrogen and oxygen atoms in total. The zero-order chi connectivity index (χ0) is 13.7. The number of hydrogen-bond acceptors (Lipinski definition) is 4. The number of carbonyl (C=O) groups is 3. The van der Waals surface area contributed by atoms with Crippen molar-refractivity contribution in [2.24, 2.45) is 0 Å². The summed E-state index contributed by atoms with van der Waals surface area (Å²) in [5.41, 5.74) is 0. The number of carboxylic acids is 1. The lowest BCUT2D eigenvalue weighted by Crippen LogP contribution is -2.47. The first-order valence-corrected chi connectivity index (χ1v) is 5.78. The first kappa shape index (κ1) is 14.3. The molecule has 0 aromatic heterocycles. The van der Waals surface area contributed by atoms with E-state index in [-0.39, 0.29) is 18.9 Å². The van der Waals surface area contributed by atoms with E-state index < -0.39 is 24.0 Å². The molecule has 1 atom stereocenters. The van der Waals surface area contributed by atoms with E-state index >= 15 is 0 Å². The summed E-state index contributed by atoms with van der Waals surface area (Å²) < 4.78 is 4.43. The first-order chi connectivity index (χ1) is 8.45. The molecule has 1 saturated carbocycles. The van der Waals surface area contributed by atoms with Crippen LogP contribution in [0.1, 0.15) is 25.7 Å². The molecule has 0 bridgehead atoms. The Hall–Kier alpha value is -1.79. The number of urea groups is 1. The molecule has 0 saturated heterocycles. The molecule has 0 spiro atoms. The van der Waals surface area contributed by atoms with Gasteiger partial charge in [-0.25, -0.2) is 9.59 Å².